The van der Waals surface area contributed by atoms with E-state index in [4.69, 9.17) is 15.9 Å². The molecule has 0 aliphatic carbocycles. The van der Waals surface area contributed by atoms with Gasteiger partial charge in [-0.15, -0.1) is 0 Å². The zero-order valence-corrected chi connectivity index (χ0v) is 13.3. The van der Waals surface area contributed by atoms with Crippen molar-refractivity contribution >= 4 is 25.6 Å². The molecule has 0 saturated heterocycles. The van der Waals surface area contributed by atoms with Gasteiger partial charge in [0.15, 0.2) is 0 Å². The van der Waals surface area contributed by atoms with Gasteiger partial charge in [0, 0.05) is 16.7 Å². The van der Waals surface area contributed by atoms with Crippen LogP contribution in [0.15, 0.2) is 33.9 Å². The van der Waals surface area contributed by atoms with Crippen LogP contribution in [0.3, 0.4) is 0 Å². The van der Waals surface area contributed by atoms with Crippen molar-refractivity contribution < 1.29 is 21.6 Å². The Labute approximate surface area is 141 Å². The zero-order valence-electron chi connectivity index (χ0n) is 11.8. The fourth-order valence-electron chi connectivity index (χ4n) is 1.88. The topological polar surface area (TPSA) is 125 Å². The highest BCUT2D eigenvalue weighted by Gasteiger charge is 2.33. The second kappa shape index (κ2) is 6.26. The van der Waals surface area contributed by atoms with E-state index >= 15 is 0 Å². The second-order valence-electron chi connectivity index (χ2n) is 4.54. The van der Waals surface area contributed by atoms with Gasteiger partial charge in [0.05, 0.1) is 16.9 Å². The molecule has 0 atom stereocenters. The average molecular weight is 395 g/mol. The van der Waals surface area contributed by atoms with Crippen molar-refractivity contribution in [3.05, 3.63) is 56.4 Å². The van der Waals surface area contributed by atoms with Crippen molar-refractivity contribution in [3.63, 3.8) is 0 Å². The SMILES string of the molecule is N#Cc1ccc(-n2c(=O)cc(C(F)(F)F)[nH]c2=O)cc1NS(=O)(=O)Cl. The van der Waals surface area contributed by atoms with Crippen LogP contribution in [0.25, 0.3) is 5.69 Å². The number of aromatic nitrogens is 2. The van der Waals surface area contributed by atoms with Gasteiger partial charge in [-0.1, -0.05) is 0 Å². The average Bonchev–Trinajstić information content (AvgIpc) is 2.44. The Kier molecular flexibility index (Phi) is 4.65. The molecule has 0 bridgehead atoms. The fraction of sp³-hybridized carbons (Fsp3) is 0.0833. The van der Waals surface area contributed by atoms with Crippen molar-refractivity contribution in [3.8, 4) is 11.8 Å². The molecule has 0 spiro atoms. The Balaban J connectivity index is 2.68. The van der Waals surface area contributed by atoms with E-state index in [1.807, 2.05) is 0 Å². The van der Waals surface area contributed by atoms with Crippen molar-refractivity contribution in [2.75, 3.05) is 4.72 Å². The molecule has 0 aliphatic heterocycles. The minimum Gasteiger partial charge on any atom is -0.303 e. The largest absolute Gasteiger partial charge is 0.431 e. The van der Waals surface area contributed by atoms with Crippen LogP contribution in [-0.4, -0.2) is 18.0 Å². The monoisotopic (exact) mass is 394 g/mol. The first-order chi connectivity index (χ1) is 11.4. The first-order valence-corrected chi connectivity index (χ1v) is 8.44. The van der Waals surface area contributed by atoms with Gasteiger partial charge in [-0.05, 0) is 18.2 Å². The Bertz CT molecular complexity index is 1070. The summed E-state index contributed by atoms with van der Waals surface area (Å²) in [6, 6.07) is 4.86. The lowest BCUT2D eigenvalue weighted by Gasteiger charge is -2.11. The summed E-state index contributed by atoms with van der Waals surface area (Å²) in [6.45, 7) is 0. The van der Waals surface area contributed by atoms with E-state index in [-0.39, 0.29) is 23.0 Å². The number of nitriles is 1. The molecule has 2 N–H and O–H groups in total. The number of halogens is 4. The molecule has 0 unspecified atom stereocenters. The van der Waals surface area contributed by atoms with E-state index < -0.39 is 32.4 Å². The molecule has 2 rings (SSSR count). The van der Waals surface area contributed by atoms with Gasteiger partial charge in [-0.2, -0.15) is 26.9 Å². The number of rotatable bonds is 3. The van der Waals surface area contributed by atoms with E-state index in [0.29, 0.717) is 4.57 Å². The summed E-state index contributed by atoms with van der Waals surface area (Å²) in [6.07, 6.45) is -4.93. The van der Waals surface area contributed by atoms with Gasteiger partial charge >= 0.3 is 21.1 Å². The van der Waals surface area contributed by atoms with Crippen LogP contribution in [0.5, 0.6) is 0 Å². The summed E-state index contributed by atoms with van der Waals surface area (Å²) in [4.78, 5) is 25.2. The summed E-state index contributed by atoms with van der Waals surface area (Å²) in [5.41, 5.74) is -5.06. The molecular weight excluding hydrogens is 389 g/mol. The van der Waals surface area contributed by atoms with Crippen molar-refractivity contribution in [2.24, 2.45) is 0 Å². The standard InChI is InChI=1S/C12H6ClF3N4O4S/c13-25(23,24)19-8-3-7(2-1-6(8)5-17)20-10(21)4-9(12(14,15)16)18-11(20)22/h1-4,19H,(H,18,22). The summed E-state index contributed by atoms with van der Waals surface area (Å²) in [5, 5.41) is 8.92. The molecule has 132 valence electrons. The van der Waals surface area contributed by atoms with Gasteiger partial charge in [0.1, 0.15) is 11.8 Å². The summed E-state index contributed by atoms with van der Waals surface area (Å²) < 4.78 is 62.1. The minimum absolute atomic E-state index is 0.172. The number of alkyl halides is 3. The first kappa shape index (κ1) is 18.6. The molecule has 2 aromatic rings. The highest BCUT2D eigenvalue weighted by molar-refractivity contribution is 8.14. The maximum Gasteiger partial charge on any atom is 0.431 e. The highest BCUT2D eigenvalue weighted by atomic mass is 35.7. The number of aromatic amines is 1. The number of nitrogens with one attached hydrogen (secondary N) is 2. The molecule has 25 heavy (non-hydrogen) atoms. The maximum atomic E-state index is 12.6. The van der Waals surface area contributed by atoms with Crippen LogP contribution in [0.4, 0.5) is 18.9 Å². The Morgan fingerprint density at radius 2 is 1.88 bits per heavy atom. The number of hydrogen-bond donors (Lipinski definition) is 2. The first-order valence-electron chi connectivity index (χ1n) is 6.13. The lowest BCUT2D eigenvalue weighted by Crippen LogP contribution is -2.35. The Hall–Kier alpha value is -2.78. The summed E-state index contributed by atoms with van der Waals surface area (Å²) in [7, 11) is 0.713. The molecule has 13 heteroatoms. The predicted molar refractivity (Wildman–Crippen MR) is 80.8 cm³/mol. The molecule has 0 saturated carbocycles. The van der Waals surface area contributed by atoms with Gasteiger partial charge in [0.2, 0.25) is 0 Å². The van der Waals surface area contributed by atoms with E-state index in [2.05, 4.69) is 0 Å². The molecule has 1 heterocycles. The fourth-order valence-corrected chi connectivity index (χ4v) is 2.56. The van der Waals surface area contributed by atoms with E-state index in [0.717, 1.165) is 18.2 Å². The highest BCUT2D eigenvalue weighted by Crippen LogP contribution is 2.26. The predicted octanol–water partition coefficient (Wildman–Crippen LogP) is 1.31. The van der Waals surface area contributed by atoms with Crippen molar-refractivity contribution in [1.82, 2.24) is 9.55 Å². The third-order valence-electron chi connectivity index (χ3n) is 2.85. The molecular formula is C12H6ClF3N4O4S. The third-order valence-corrected chi connectivity index (χ3v) is 3.55. The van der Waals surface area contributed by atoms with E-state index in [1.165, 1.54) is 4.98 Å². The number of hydrogen-bond acceptors (Lipinski definition) is 5. The number of benzene rings is 1. The van der Waals surface area contributed by atoms with Crippen LogP contribution in [0, 0.1) is 11.3 Å². The van der Waals surface area contributed by atoms with Gasteiger partial charge < -0.3 is 4.98 Å². The normalized spacial score (nSPS) is 11.8. The van der Waals surface area contributed by atoms with Crippen LogP contribution < -0.4 is 16.0 Å². The Morgan fingerprint density at radius 1 is 1.24 bits per heavy atom. The molecule has 8 nitrogen and oxygen atoms in total. The maximum absolute atomic E-state index is 12.6. The smallest absolute Gasteiger partial charge is 0.303 e. The second-order valence-corrected chi connectivity index (χ2v) is 6.84. The van der Waals surface area contributed by atoms with E-state index in [1.54, 1.807) is 10.8 Å². The van der Waals surface area contributed by atoms with Crippen LogP contribution in [0.2, 0.25) is 0 Å². The quantitative estimate of drug-likeness (QED) is 0.759. The van der Waals surface area contributed by atoms with Crippen LogP contribution in [0.1, 0.15) is 11.3 Å². The van der Waals surface area contributed by atoms with E-state index in [9.17, 15) is 31.2 Å². The third kappa shape index (κ3) is 4.20. The van der Waals surface area contributed by atoms with Crippen LogP contribution >= 0.6 is 10.7 Å². The molecule has 0 aliphatic rings. The lowest BCUT2D eigenvalue weighted by atomic mass is 10.2. The molecule has 1 aromatic carbocycles. The summed E-state index contributed by atoms with van der Waals surface area (Å²) >= 11 is 0. The Morgan fingerprint density at radius 3 is 2.36 bits per heavy atom. The minimum atomic E-state index is -4.93. The number of nitrogens with zero attached hydrogens (tertiary/aromatic N) is 2. The van der Waals surface area contributed by atoms with Crippen molar-refractivity contribution in [1.29, 1.82) is 5.26 Å². The van der Waals surface area contributed by atoms with Gasteiger partial charge in [0.25, 0.3) is 5.56 Å². The number of anilines is 1. The molecule has 1 aromatic heterocycles. The van der Waals surface area contributed by atoms with Crippen LogP contribution in [-0.2, 0) is 15.4 Å². The van der Waals surface area contributed by atoms with Gasteiger partial charge in [-0.25, -0.2) is 9.36 Å². The molecule has 0 fully saturated rings. The van der Waals surface area contributed by atoms with Gasteiger partial charge in [-0.3, -0.25) is 9.52 Å². The lowest BCUT2D eigenvalue weighted by molar-refractivity contribution is -0.141. The molecule has 0 amide bonds. The summed E-state index contributed by atoms with van der Waals surface area (Å²) in [5.74, 6) is 0. The number of H-pyrrole nitrogens is 1. The molecule has 0 radical (unpaired) electrons. The van der Waals surface area contributed by atoms with Crippen molar-refractivity contribution in [2.45, 2.75) is 6.18 Å². The zero-order chi connectivity index (χ0) is 19.0.